The van der Waals surface area contributed by atoms with Crippen LogP contribution in [-0.2, 0) is 4.79 Å². The molecule has 0 aromatic rings. The third-order valence-corrected chi connectivity index (χ3v) is 5.78. The number of carbonyl (C=O) groups is 1. The third-order valence-electron chi connectivity index (χ3n) is 5.78. The van der Waals surface area contributed by atoms with Crippen LogP contribution in [0.25, 0.3) is 0 Å². The molecule has 4 atom stereocenters. The minimum Gasteiger partial charge on any atom is -0.354 e. The van der Waals surface area contributed by atoms with E-state index in [0.29, 0.717) is 24.7 Å². The second kappa shape index (κ2) is 11.4. The molecule has 0 aliphatic heterocycles. The van der Waals surface area contributed by atoms with E-state index in [1.165, 1.54) is 11.3 Å². The van der Waals surface area contributed by atoms with Gasteiger partial charge in [-0.3, -0.25) is 4.79 Å². The predicted octanol–water partition coefficient (Wildman–Crippen LogP) is 3.93. The van der Waals surface area contributed by atoms with Crippen molar-refractivity contribution in [3.05, 3.63) is 0 Å². The SMILES string of the molecule is CC1CCCCC1NC(=NCC(=O)N(C)C)NC1CCCC(C(F)(F)F)C1.I. The highest BCUT2D eigenvalue weighted by Gasteiger charge is 2.42. The van der Waals surface area contributed by atoms with Gasteiger partial charge >= 0.3 is 6.18 Å². The Hall–Kier alpha value is -0.740. The number of guanidine groups is 1. The van der Waals surface area contributed by atoms with Gasteiger partial charge in [0.2, 0.25) is 5.91 Å². The molecule has 0 saturated heterocycles. The molecule has 2 aliphatic carbocycles. The highest BCUT2D eigenvalue weighted by atomic mass is 127. The van der Waals surface area contributed by atoms with Crippen molar-refractivity contribution in [2.75, 3.05) is 20.6 Å². The quantitative estimate of drug-likeness (QED) is 0.337. The van der Waals surface area contributed by atoms with Gasteiger partial charge in [0.25, 0.3) is 0 Å². The lowest BCUT2D eigenvalue weighted by Crippen LogP contribution is -2.52. The second-order valence-corrected chi connectivity index (χ2v) is 8.21. The molecule has 5 nitrogen and oxygen atoms in total. The Balaban J connectivity index is 0.00000392. The van der Waals surface area contributed by atoms with Crippen molar-refractivity contribution in [1.82, 2.24) is 15.5 Å². The summed E-state index contributed by atoms with van der Waals surface area (Å²) < 4.78 is 39.3. The van der Waals surface area contributed by atoms with Crippen LogP contribution >= 0.6 is 24.0 Å². The summed E-state index contributed by atoms with van der Waals surface area (Å²) in [5, 5.41) is 6.58. The highest BCUT2D eigenvalue weighted by Crippen LogP contribution is 2.37. The molecule has 2 N–H and O–H groups in total. The average molecular weight is 518 g/mol. The molecule has 164 valence electrons. The number of likely N-dealkylation sites (N-methyl/N-ethyl adjacent to an activating group) is 1. The molecule has 4 unspecified atom stereocenters. The maximum absolute atomic E-state index is 13.1. The Morgan fingerprint density at radius 1 is 1.07 bits per heavy atom. The maximum atomic E-state index is 13.1. The molecule has 2 aliphatic rings. The molecule has 2 saturated carbocycles. The number of nitrogens with zero attached hydrogens (tertiary/aromatic N) is 2. The molecule has 0 spiro atoms. The van der Waals surface area contributed by atoms with E-state index in [-0.39, 0.29) is 61.4 Å². The van der Waals surface area contributed by atoms with Crippen molar-refractivity contribution in [3.8, 4) is 0 Å². The van der Waals surface area contributed by atoms with E-state index < -0.39 is 12.1 Å². The van der Waals surface area contributed by atoms with E-state index in [4.69, 9.17) is 0 Å². The van der Waals surface area contributed by atoms with Gasteiger partial charge in [0.1, 0.15) is 6.54 Å². The van der Waals surface area contributed by atoms with Gasteiger partial charge in [0.05, 0.1) is 5.92 Å². The van der Waals surface area contributed by atoms with Crippen LogP contribution in [0.4, 0.5) is 13.2 Å². The van der Waals surface area contributed by atoms with Crippen molar-refractivity contribution in [2.24, 2.45) is 16.8 Å². The summed E-state index contributed by atoms with van der Waals surface area (Å²) in [4.78, 5) is 17.7. The number of rotatable bonds is 4. The normalized spacial score (nSPS) is 28.9. The summed E-state index contributed by atoms with van der Waals surface area (Å²) in [5.41, 5.74) is 0. The van der Waals surface area contributed by atoms with Crippen LogP contribution in [0.2, 0.25) is 0 Å². The summed E-state index contributed by atoms with van der Waals surface area (Å²) in [5.74, 6) is -0.451. The van der Waals surface area contributed by atoms with Gasteiger partial charge in [-0.15, -0.1) is 24.0 Å². The van der Waals surface area contributed by atoms with Crippen molar-refractivity contribution in [3.63, 3.8) is 0 Å². The van der Waals surface area contributed by atoms with Gasteiger partial charge in [0.15, 0.2) is 5.96 Å². The van der Waals surface area contributed by atoms with Crippen LogP contribution < -0.4 is 10.6 Å². The van der Waals surface area contributed by atoms with Crippen LogP contribution in [0.1, 0.15) is 58.3 Å². The van der Waals surface area contributed by atoms with E-state index in [0.717, 1.165) is 19.3 Å². The van der Waals surface area contributed by atoms with Crippen molar-refractivity contribution < 1.29 is 18.0 Å². The number of halogens is 4. The highest BCUT2D eigenvalue weighted by molar-refractivity contribution is 14.0. The predicted molar refractivity (Wildman–Crippen MR) is 116 cm³/mol. The zero-order valence-electron chi connectivity index (χ0n) is 17.0. The van der Waals surface area contributed by atoms with Gasteiger partial charge in [-0.1, -0.05) is 26.2 Å². The number of carbonyl (C=O) groups excluding carboxylic acids is 1. The van der Waals surface area contributed by atoms with E-state index >= 15 is 0 Å². The first-order valence-electron chi connectivity index (χ1n) is 10.0. The van der Waals surface area contributed by atoms with E-state index in [1.807, 2.05) is 0 Å². The topological polar surface area (TPSA) is 56.7 Å². The molecule has 1 amide bonds. The largest absolute Gasteiger partial charge is 0.391 e. The van der Waals surface area contributed by atoms with Crippen molar-refractivity contribution >= 4 is 35.8 Å². The Morgan fingerprint density at radius 3 is 2.36 bits per heavy atom. The van der Waals surface area contributed by atoms with Crippen LogP contribution in [0.15, 0.2) is 4.99 Å². The molecule has 0 heterocycles. The summed E-state index contributed by atoms with van der Waals surface area (Å²) in [7, 11) is 3.33. The fourth-order valence-corrected chi connectivity index (χ4v) is 3.94. The molecule has 28 heavy (non-hydrogen) atoms. The van der Waals surface area contributed by atoms with E-state index in [9.17, 15) is 18.0 Å². The fourth-order valence-electron chi connectivity index (χ4n) is 3.94. The van der Waals surface area contributed by atoms with Gasteiger partial charge in [0, 0.05) is 26.2 Å². The minimum absolute atomic E-state index is 0. The lowest BCUT2D eigenvalue weighted by Gasteiger charge is -2.35. The van der Waals surface area contributed by atoms with Gasteiger partial charge in [-0.25, -0.2) is 4.99 Å². The molecular weight excluding hydrogens is 484 g/mol. The minimum atomic E-state index is -4.15. The number of nitrogens with one attached hydrogen (secondary N) is 2. The van der Waals surface area contributed by atoms with Crippen molar-refractivity contribution in [2.45, 2.75) is 76.6 Å². The second-order valence-electron chi connectivity index (χ2n) is 8.21. The number of amides is 1. The molecule has 2 fully saturated rings. The molecule has 0 radical (unpaired) electrons. The van der Waals surface area contributed by atoms with Gasteiger partial charge < -0.3 is 15.5 Å². The zero-order chi connectivity index (χ0) is 20.0. The zero-order valence-corrected chi connectivity index (χ0v) is 19.3. The smallest absolute Gasteiger partial charge is 0.354 e. The molecular formula is C19H34F3IN4O. The lowest BCUT2D eigenvalue weighted by molar-refractivity contribution is -0.183. The van der Waals surface area contributed by atoms with E-state index in [1.54, 1.807) is 14.1 Å². The summed E-state index contributed by atoms with van der Waals surface area (Å²) in [6.45, 7) is 2.17. The first-order chi connectivity index (χ1) is 12.7. The van der Waals surface area contributed by atoms with Crippen molar-refractivity contribution in [1.29, 1.82) is 0 Å². The Bertz CT molecular complexity index is 528. The molecule has 0 aromatic heterocycles. The van der Waals surface area contributed by atoms with Crippen LogP contribution in [0, 0.1) is 11.8 Å². The maximum Gasteiger partial charge on any atom is 0.391 e. The molecule has 9 heteroatoms. The number of aliphatic imine (C=N–C) groups is 1. The summed E-state index contributed by atoms with van der Waals surface area (Å²) >= 11 is 0. The van der Waals surface area contributed by atoms with Crippen LogP contribution in [-0.4, -0.2) is 55.7 Å². The summed E-state index contributed by atoms with van der Waals surface area (Å²) in [6.07, 6.45) is 1.82. The van der Waals surface area contributed by atoms with Gasteiger partial charge in [-0.2, -0.15) is 13.2 Å². The third kappa shape index (κ3) is 7.94. The Kier molecular flexibility index (Phi) is 10.3. The Morgan fingerprint density at radius 2 is 1.75 bits per heavy atom. The van der Waals surface area contributed by atoms with Crippen LogP contribution in [0.3, 0.4) is 0 Å². The standard InChI is InChI=1S/C19H33F3N4O.HI/c1-13-7-4-5-10-16(13)25-18(23-12-17(27)26(2)3)24-15-9-6-8-14(11-15)19(20,21)22;/h13-16H,4-12H2,1-3H3,(H2,23,24,25);1H. The number of hydrogen-bond acceptors (Lipinski definition) is 2. The fraction of sp³-hybridized carbons (Fsp3) is 0.895. The number of alkyl halides is 3. The van der Waals surface area contributed by atoms with E-state index in [2.05, 4.69) is 22.5 Å². The lowest BCUT2D eigenvalue weighted by atomic mass is 9.85. The first-order valence-corrected chi connectivity index (χ1v) is 10.0. The summed E-state index contributed by atoms with van der Waals surface area (Å²) in [6, 6.07) is -0.0357. The molecule has 2 rings (SSSR count). The van der Waals surface area contributed by atoms with Gasteiger partial charge in [-0.05, 0) is 38.0 Å². The Labute approximate surface area is 183 Å². The monoisotopic (exact) mass is 518 g/mol. The molecule has 0 aromatic carbocycles. The number of hydrogen-bond donors (Lipinski definition) is 2. The molecule has 0 bridgehead atoms. The first kappa shape index (κ1) is 25.3. The van der Waals surface area contributed by atoms with Crippen LogP contribution in [0.5, 0.6) is 0 Å². The average Bonchev–Trinajstić information content (AvgIpc) is 2.60.